The first kappa shape index (κ1) is 33.2. The lowest BCUT2D eigenvalue weighted by molar-refractivity contribution is 0.0684. The first-order valence-electron chi connectivity index (χ1n) is 15.1. The van der Waals surface area contributed by atoms with Gasteiger partial charge in [-0.3, -0.25) is 0 Å². The number of nitrogens with two attached hydrogens (primary N) is 2. The highest BCUT2D eigenvalue weighted by atomic mass is 16.4. The van der Waals surface area contributed by atoms with E-state index in [4.69, 9.17) is 11.5 Å². The molecule has 2 rings (SSSR count). The van der Waals surface area contributed by atoms with Crippen LogP contribution in [-0.4, -0.2) is 22.2 Å². The normalized spacial score (nSPS) is 12.1. The SMILES string of the molecule is CCCC(C)(C)c1ccc(C(=O)O)c(CCCCCCCCc2c(C(=O)O)ccc(C(C)(C)CCC)c2N)c1N. The fourth-order valence-electron chi connectivity index (χ4n) is 6.28. The van der Waals surface area contributed by atoms with Crippen molar-refractivity contribution in [2.75, 3.05) is 11.5 Å². The van der Waals surface area contributed by atoms with E-state index in [1.807, 2.05) is 12.1 Å². The molecule has 0 saturated carbocycles. The van der Waals surface area contributed by atoms with Crippen molar-refractivity contribution < 1.29 is 19.8 Å². The fraction of sp³-hybridized carbons (Fsp3) is 0.588. The maximum Gasteiger partial charge on any atom is 0.336 e. The summed E-state index contributed by atoms with van der Waals surface area (Å²) >= 11 is 0. The number of hydrogen-bond acceptors (Lipinski definition) is 4. The molecule has 222 valence electrons. The summed E-state index contributed by atoms with van der Waals surface area (Å²) in [6.07, 6.45) is 11.2. The molecule has 0 aliphatic heterocycles. The number of benzene rings is 2. The molecule has 40 heavy (non-hydrogen) atoms. The average Bonchev–Trinajstić information content (AvgIpc) is 2.86. The summed E-state index contributed by atoms with van der Waals surface area (Å²) in [4.78, 5) is 23.8. The Morgan fingerprint density at radius 2 is 0.950 bits per heavy atom. The van der Waals surface area contributed by atoms with Gasteiger partial charge in [0.1, 0.15) is 0 Å². The predicted octanol–water partition coefficient (Wildman–Crippen LogP) is 8.53. The minimum absolute atomic E-state index is 0.0974. The molecule has 0 amide bonds. The third-order valence-corrected chi connectivity index (χ3v) is 8.49. The van der Waals surface area contributed by atoms with Crippen molar-refractivity contribution in [3.63, 3.8) is 0 Å². The fourth-order valence-corrected chi connectivity index (χ4v) is 6.28. The van der Waals surface area contributed by atoms with Gasteiger partial charge in [0.05, 0.1) is 11.1 Å². The largest absolute Gasteiger partial charge is 0.478 e. The van der Waals surface area contributed by atoms with E-state index >= 15 is 0 Å². The molecule has 0 bridgehead atoms. The van der Waals surface area contributed by atoms with Gasteiger partial charge in [0.15, 0.2) is 0 Å². The quantitative estimate of drug-likeness (QED) is 0.115. The number of anilines is 2. The van der Waals surface area contributed by atoms with Crippen LogP contribution in [0.25, 0.3) is 0 Å². The van der Waals surface area contributed by atoms with Crippen molar-refractivity contribution >= 4 is 23.3 Å². The molecule has 0 atom stereocenters. The van der Waals surface area contributed by atoms with Gasteiger partial charge in [-0.05, 0) is 83.7 Å². The average molecular weight is 553 g/mol. The summed E-state index contributed by atoms with van der Waals surface area (Å²) in [7, 11) is 0. The second kappa shape index (κ2) is 14.6. The Labute approximate surface area is 241 Å². The van der Waals surface area contributed by atoms with Crippen LogP contribution in [0.4, 0.5) is 11.4 Å². The van der Waals surface area contributed by atoms with Gasteiger partial charge in [-0.15, -0.1) is 0 Å². The van der Waals surface area contributed by atoms with E-state index in [0.717, 1.165) is 86.5 Å². The Bertz CT molecular complexity index is 1080. The molecule has 0 heterocycles. The molecule has 2 aromatic rings. The van der Waals surface area contributed by atoms with E-state index in [1.54, 1.807) is 12.1 Å². The van der Waals surface area contributed by atoms with Crippen molar-refractivity contribution in [2.24, 2.45) is 0 Å². The lowest BCUT2D eigenvalue weighted by atomic mass is 9.78. The van der Waals surface area contributed by atoms with Crippen molar-refractivity contribution in [3.8, 4) is 0 Å². The number of aromatic carboxylic acids is 2. The van der Waals surface area contributed by atoms with Crippen LogP contribution in [0.3, 0.4) is 0 Å². The molecule has 2 aromatic carbocycles. The molecule has 0 aromatic heterocycles. The van der Waals surface area contributed by atoms with Gasteiger partial charge in [0.2, 0.25) is 0 Å². The standard InChI is InChI=1S/C34H52N2O4/c1-7-21-33(3,4)27-19-17-25(31(37)38)23(29(27)35)15-13-11-9-10-12-14-16-24-26(32(39)40)18-20-28(30(24)36)34(5,6)22-8-2/h17-20H,7-16,21-22,35-36H2,1-6H3,(H,37,38)(H,39,40). The van der Waals surface area contributed by atoms with Crippen LogP contribution in [0.2, 0.25) is 0 Å². The van der Waals surface area contributed by atoms with Crippen LogP contribution in [0.1, 0.15) is 149 Å². The van der Waals surface area contributed by atoms with Crippen molar-refractivity contribution in [1.82, 2.24) is 0 Å². The number of nitrogen functional groups attached to an aromatic ring is 2. The van der Waals surface area contributed by atoms with E-state index in [2.05, 4.69) is 41.5 Å². The molecule has 0 aliphatic carbocycles. The maximum atomic E-state index is 11.9. The zero-order chi connectivity index (χ0) is 30.1. The minimum Gasteiger partial charge on any atom is -0.478 e. The predicted molar refractivity (Wildman–Crippen MR) is 167 cm³/mol. The Kier molecular flexibility index (Phi) is 12.1. The molecule has 6 heteroatoms. The highest BCUT2D eigenvalue weighted by Gasteiger charge is 2.27. The van der Waals surface area contributed by atoms with Gasteiger partial charge in [-0.1, -0.05) is 92.2 Å². The highest BCUT2D eigenvalue weighted by molar-refractivity contribution is 5.92. The molecule has 0 aliphatic rings. The number of carbonyl (C=O) groups is 2. The van der Waals surface area contributed by atoms with E-state index in [9.17, 15) is 19.8 Å². The summed E-state index contributed by atoms with van der Waals surface area (Å²) in [5, 5.41) is 19.5. The summed E-state index contributed by atoms with van der Waals surface area (Å²) < 4.78 is 0. The maximum absolute atomic E-state index is 11.9. The van der Waals surface area contributed by atoms with Crippen LogP contribution in [0.5, 0.6) is 0 Å². The van der Waals surface area contributed by atoms with Crippen molar-refractivity contribution in [2.45, 2.75) is 129 Å². The van der Waals surface area contributed by atoms with Crippen molar-refractivity contribution in [3.05, 3.63) is 57.6 Å². The Morgan fingerprint density at radius 1 is 0.625 bits per heavy atom. The van der Waals surface area contributed by atoms with Crippen LogP contribution >= 0.6 is 0 Å². The number of hydrogen-bond donors (Lipinski definition) is 4. The summed E-state index contributed by atoms with van der Waals surface area (Å²) in [5.74, 6) is -1.85. The number of carboxylic acids is 2. The zero-order valence-electron chi connectivity index (χ0n) is 25.7. The smallest absolute Gasteiger partial charge is 0.336 e. The molecular formula is C34H52N2O4. The third-order valence-electron chi connectivity index (χ3n) is 8.49. The molecule has 0 saturated heterocycles. The molecule has 6 nitrogen and oxygen atoms in total. The highest BCUT2D eigenvalue weighted by Crippen LogP contribution is 2.37. The molecule has 0 unspecified atom stereocenters. The summed E-state index contributed by atoms with van der Waals surface area (Å²) in [5.41, 5.74) is 18.4. The van der Waals surface area contributed by atoms with Gasteiger partial charge in [-0.2, -0.15) is 0 Å². The second-order valence-corrected chi connectivity index (χ2v) is 12.6. The second-order valence-electron chi connectivity index (χ2n) is 12.6. The number of unbranched alkanes of at least 4 members (excludes halogenated alkanes) is 5. The van der Waals surface area contributed by atoms with E-state index in [1.165, 1.54) is 0 Å². The van der Waals surface area contributed by atoms with E-state index in [-0.39, 0.29) is 10.8 Å². The summed E-state index contributed by atoms with van der Waals surface area (Å²) in [6.45, 7) is 13.0. The van der Waals surface area contributed by atoms with Gasteiger partial charge in [-0.25, -0.2) is 9.59 Å². The van der Waals surface area contributed by atoms with Crippen LogP contribution in [0, 0.1) is 0 Å². The van der Waals surface area contributed by atoms with Gasteiger partial charge < -0.3 is 21.7 Å². The molecule has 0 fully saturated rings. The van der Waals surface area contributed by atoms with Gasteiger partial charge >= 0.3 is 11.9 Å². The molecule has 6 N–H and O–H groups in total. The Hall–Kier alpha value is -3.02. The Morgan fingerprint density at radius 3 is 1.25 bits per heavy atom. The number of rotatable bonds is 17. The van der Waals surface area contributed by atoms with Crippen LogP contribution in [0.15, 0.2) is 24.3 Å². The topological polar surface area (TPSA) is 127 Å². The monoisotopic (exact) mass is 552 g/mol. The molecule has 0 radical (unpaired) electrons. The molecular weight excluding hydrogens is 500 g/mol. The number of carboxylic acid groups (broad SMARTS) is 2. The lowest BCUT2D eigenvalue weighted by Crippen LogP contribution is -2.21. The van der Waals surface area contributed by atoms with Gasteiger partial charge in [0.25, 0.3) is 0 Å². The van der Waals surface area contributed by atoms with E-state index in [0.29, 0.717) is 35.3 Å². The first-order valence-corrected chi connectivity index (χ1v) is 15.1. The summed E-state index contributed by atoms with van der Waals surface area (Å²) in [6, 6.07) is 7.22. The first-order chi connectivity index (χ1) is 18.8. The minimum atomic E-state index is -0.927. The third kappa shape index (κ3) is 8.25. The Balaban J connectivity index is 1.96. The van der Waals surface area contributed by atoms with Crippen LogP contribution in [-0.2, 0) is 23.7 Å². The van der Waals surface area contributed by atoms with Crippen molar-refractivity contribution in [1.29, 1.82) is 0 Å². The van der Waals surface area contributed by atoms with Gasteiger partial charge in [0, 0.05) is 11.4 Å². The lowest BCUT2D eigenvalue weighted by Gasteiger charge is -2.28. The molecule has 0 spiro atoms. The zero-order valence-corrected chi connectivity index (χ0v) is 25.7. The van der Waals surface area contributed by atoms with E-state index < -0.39 is 11.9 Å². The van der Waals surface area contributed by atoms with Crippen LogP contribution < -0.4 is 11.5 Å².